The molecule has 1 aromatic heterocycles. The van der Waals surface area contributed by atoms with Crippen molar-refractivity contribution in [1.82, 2.24) is 9.29 Å². The van der Waals surface area contributed by atoms with E-state index in [1.54, 1.807) is 0 Å². The van der Waals surface area contributed by atoms with Gasteiger partial charge >= 0.3 is 6.18 Å². The van der Waals surface area contributed by atoms with E-state index in [9.17, 15) is 26.7 Å². The Balaban J connectivity index is 2.40. The molecule has 0 aliphatic carbocycles. The Kier molecular flexibility index (Phi) is 4.54. The van der Waals surface area contributed by atoms with E-state index < -0.39 is 32.9 Å². The molecule has 1 unspecified atom stereocenters. The highest BCUT2D eigenvalue weighted by atomic mass is 32.2. The van der Waals surface area contributed by atoms with Crippen molar-refractivity contribution < 1.29 is 26.7 Å². The third kappa shape index (κ3) is 3.53. The van der Waals surface area contributed by atoms with Gasteiger partial charge in [0.2, 0.25) is 10.0 Å². The van der Waals surface area contributed by atoms with Crippen LogP contribution in [0.5, 0.6) is 0 Å². The molecule has 1 aliphatic rings. The van der Waals surface area contributed by atoms with E-state index in [-0.39, 0.29) is 19.5 Å². The smallest absolute Gasteiger partial charge is 0.393 e. The number of hydrogen-bond donors (Lipinski definition) is 1. The molecule has 1 aliphatic heterocycles. The molecule has 0 bridgehead atoms. The third-order valence-corrected chi connectivity index (χ3v) is 5.24. The lowest BCUT2D eigenvalue weighted by molar-refractivity contribution is -0.143. The Morgan fingerprint density at radius 3 is 2.67 bits per heavy atom. The first-order valence-corrected chi connectivity index (χ1v) is 7.87. The summed E-state index contributed by atoms with van der Waals surface area (Å²) in [5, 5.41) is 9.51. The van der Waals surface area contributed by atoms with Gasteiger partial charge in [-0.05, 0) is 31.4 Å². The highest BCUT2D eigenvalue weighted by molar-refractivity contribution is 7.89. The van der Waals surface area contributed by atoms with E-state index in [4.69, 9.17) is 0 Å². The van der Waals surface area contributed by atoms with Crippen molar-refractivity contribution in [2.75, 3.05) is 13.1 Å². The van der Waals surface area contributed by atoms with Crippen LogP contribution in [-0.2, 0) is 16.2 Å². The topological polar surface area (TPSA) is 70.5 Å². The number of aromatic nitrogens is 1. The number of nitrogens with zero attached hydrogens (tertiary/aromatic N) is 2. The Bertz CT molecular complexity index is 604. The Labute approximate surface area is 120 Å². The Morgan fingerprint density at radius 1 is 1.29 bits per heavy atom. The van der Waals surface area contributed by atoms with Gasteiger partial charge in [-0.25, -0.2) is 8.42 Å². The second-order valence-electron chi connectivity index (χ2n) is 4.84. The summed E-state index contributed by atoms with van der Waals surface area (Å²) in [6, 6.07) is 2.07. The molecule has 0 amide bonds. The molecule has 0 saturated carbocycles. The largest absolute Gasteiger partial charge is 0.434 e. The van der Waals surface area contributed by atoms with E-state index >= 15 is 0 Å². The van der Waals surface area contributed by atoms with Crippen LogP contribution < -0.4 is 0 Å². The molecule has 0 radical (unpaired) electrons. The van der Waals surface area contributed by atoms with Crippen molar-refractivity contribution in [3.8, 4) is 0 Å². The van der Waals surface area contributed by atoms with Crippen LogP contribution in [0.3, 0.4) is 0 Å². The van der Waals surface area contributed by atoms with Gasteiger partial charge < -0.3 is 5.11 Å². The number of pyridine rings is 1. The quantitative estimate of drug-likeness (QED) is 0.898. The average molecular weight is 324 g/mol. The lowest BCUT2D eigenvalue weighted by Gasteiger charge is -2.21. The van der Waals surface area contributed by atoms with Gasteiger partial charge in [0.05, 0.1) is 6.10 Å². The van der Waals surface area contributed by atoms with E-state index in [1.165, 1.54) is 0 Å². The van der Waals surface area contributed by atoms with E-state index in [0.29, 0.717) is 12.8 Å². The zero-order valence-corrected chi connectivity index (χ0v) is 11.9. The lowest BCUT2D eigenvalue weighted by atomic mass is 10.2. The van der Waals surface area contributed by atoms with Crippen LogP contribution in [0.15, 0.2) is 23.2 Å². The molecule has 2 heterocycles. The summed E-state index contributed by atoms with van der Waals surface area (Å²) in [5.41, 5.74) is -1.41. The van der Waals surface area contributed by atoms with Crippen LogP contribution in [0.4, 0.5) is 13.2 Å². The molecule has 0 spiro atoms. The maximum absolute atomic E-state index is 12.9. The minimum Gasteiger partial charge on any atom is -0.393 e. The molecule has 1 N–H and O–H groups in total. The highest BCUT2D eigenvalue weighted by Gasteiger charge is 2.40. The summed E-state index contributed by atoms with van der Waals surface area (Å²) < 4.78 is 64.5. The number of aliphatic hydroxyl groups is 1. The minimum absolute atomic E-state index is 0.00427. The fourth-order valence-corrected chi connectivity index (χ4v) is 3.90. The van der Waals surface area contributed by atoms with Crippen LogP contribution in [0.25, 0.3) is 0 Å². The molecule has 118 valence electrons. The summed E-state index contributed by atoms with van der Waals surface area (Å²) in [4.78, 5) is 2.33. The van der Waals surface area contributed by atoms with Crippen molar-refractivity contribution in [3.63, 3.8) is 0 Å². The standard InChI is InChI=1S/C12H15F3N2O3S/c13-12(14,15)11-10(4-1-6-16-11)21(19,20)17-7-2-3-9(18)5-8-17/h1,4,6,9,18H,2-3,5,7-8H2. The van der Waals surface area contributed by atoms with Crippen molar-refractivity contribution in [2.24, 2.45) is 0 Å². The van der Waals surface area contributed by atoms with E-state index in [1.807, 2.05) is 0 Å². The molecule has 1 atom stereocenters. The summed E-state index contributed by atoms with van der Waals surface area (Å²) in [6.45, 7) is 0.0846. The minimum atomic E-state index is -4.84. The molecule has 0 aromatic carbocycles. The SMILES string of the molecule is O=S(=O)(c1cccnc1C(F)(F)F)N1CCCC(O)CC1. The molecule has 2 rings (SSSR count). The lowest BCUT2D eigenvalue weighted by Crippen LogP contribution is -2.34. The molecule has 9 heteroatoms. The first-order valence-electron chi connectivity index (χ1n) is 6.43. The Hall–Kier alpha value is -1.19. The van der Waals surface area contributed by atoms with Crippen LogP contribution in [0.1, 0.15) is 25.0 Å². The van der Waals surface area contributed by atoms with Gasteiger partial charge in [-0.2, -0.15) is 17.5 Å². The molecule has 5 nitrogen and oxygen atoms in total. The molecular formula is C12H15F3N2O3S. The van der Waals surface area contributed by atoms with Crippen LogP contribution >= 0.6 is 0 Å². The van der Waals surface area contributed by atoms with Crippen LogP contribution in [-0.4, -0.2) is 42.0 Å². The first kappa shape index (κ1) is 16.2. The fourth-order valence-electron chi connectivity index (χ4n) is 2.24. The summed E-state index contributed by atoms with van der Waals surface area (Å²) >= 11 is 0. The maximum atomic E-state index is 12.9. The first-order chi connectivity index (χ1) is 9.73. The molecule has 1 fully saturated rings. The maximum Gasteiger partial charge on any atom is 0.434 e. The number of sulfonamides is 1. The van der Waals surface area contributed by atoms with E-state index in [2.05, 4.69) is 4.98 Å². The van der Waals surface area contributed by atoms with Crippen molar-refractivity contribution >= 4 is 10.0 Å². The average Bonchev–Trinajstić information content (AvgIpc) is 2.63. The summed E-state index contributed by atoms with van der Waals surface area (Å²) in [6.07, 6.45) is -3.50. The van der Waals surface area contributed by atoms with Gasteiger partial charge in [0.15, 0.2) is 5.69 Å². The van der Waals surface area contributed by atoms with Gasteiger partial charge in [0.25, 0.3) is 0 Å². The van der Waals surface area contributed by atoms with E-state index in [0.717, 1.165) is 22.6 Å². The summed E-state index contributed by atoms with van der Waals surface area (Å²) in [7, 11) is -4.28. The third-order valence-electron chi connectivity index (χ3n) is 3.31. The zero-order chi connectivity index (χ0) is 15.7. The van der Waals surface area contributed by atoms with Gasteiger partial charge in [-0.3, -0.25) is 4.98 Å². The predicted molar refractivity (Wildman–Crippen MR) is 67.9 cm³/mol. The molecule has 1 aromatic rings. The van der Waals surface area contributed by atoms with Crippen LogP contribution in [0, 0.1) is 0 Å². The number of alkyl halides is 3. The number of aliphatic hydroxyl groups excluding tert-OH is 1. The van der Waals surface area contributed by atoms with Gasteiger partial charge in [0.1, 0.15) is 4.90 Å². The fraction of sp³-hybridized carbons (Fsp3) is 0.583. The highest BCUT2D eigenvalue weighted by Crippen LogP contribution is 2.33. The molecule has 21 heavy (non-hydrogen) atoms. The second-order valence-corrected chi connectivity index (χ2v) is 6.74. The monoisotopic (exact) mass is 324 g/mol. The zero-order valence-electron chi connectivity index (χ0n) is 11.0. The van der Waals surface area contributed by atoms with Crippen molar-refractivity contribution in [2.45, 2.75) is 36.4 Å². The van der Waals surface area contributed by atoms with Crippen molar-refractivity contribution in [1.29, 1.82) is 0 Å². The number of halogens is 3. The number of hydrogen-bond acceptors (Lipinski definition) is 4. The van der Waals surface area contributed by atoms with Gasteiger partial charge in [-0.15, -0.1) is 0 Å². The molecular weight excluding hydrogens is 309 g/mol. The van der Waals surface area contributed by atoms with Crippen molar-refractivity contribution in [3.05, 3.63) is 24.0 Å². The van der Waals surface area contributed by atoms with Gasteiger partial charge in [0, 0.05) is 19.3 Å². The second kappa shape index (κ2) is 5.90. The number of rotatable bonds is 2. The molecule has 1 saturated heterocycles. The van der Waals surface area contributed by atoms with Gasteiger partial charge in [-0.1, -0.05) is 0 Å². The predicted octanol–water partition coefficient (Wildman–Crippen LogP) is 1.64. The normalized spacial score (nSPS) is 22.0. The summed E-state index contributed by atoms with van der Waals surface area (Å²) in [5.74, 6) is 0. The van der Waals surface area contributed by atoms with Crippen LogP contribution in [0.2, 0.25) is 0 Å². The Morgan fingerprint density at radius 2 is 2.00 bits per heavy atom.